The first kappa shape index (κ1) is 30.1. The van der Waals surface area contributed by atoms with E-state index in [4.69, 9.17) is 11.6 Å². The standard InChI is InChI=1S/C40H25ClF3NO3/c41-30-22-21-28(23-29(30)40(42,43)44)45-35(46)33-34(36(45)47)39(27-19-11-4-12-20-27)32(25-15-7-2-8-16-25)31(24-13-5-1-6-14-24)38(33,37(39)48)26-17-9-3-10-18-26/h1-23,33-34H. The van der Waals surface area contributed by atoms with Crippen molar-refractivity contribution in [2.75, 3.05) is 4.90 Å². The van der Waals surface area contributed by atoms with Gasteiger partial charge in [-0.1, -0.05) is 133 Å². The van der Waals surface area contributed by atoms with Crippen LogP contribution in [0.1, 0.15) is 27.8 Å². The summed E-state index contributed by atoms with van der Waals surface area (Å²) in [5.74, 6) is -4.30. The van der Waals surface area contributed by atoms with E-state index in [9.17, 15) is 22.8 Å². The van der Waals surface area contributed by atoms with Gasteiger partial charge in [0.1, 0.15) is 0 Å². The molecular weight excluding hydrogens is 635 g/mol. The second-order valence-corrected chi connectivity index (χ2v) is 12.7. The number of ketones is 1. The van der Waals surface area contributed by atoms with Gasteiger partial charge in [0.25, 0.3) is 0 Å². The highest BCUT2D eigenvalue weighted by molar-refractivity contribution is 6.39. The topological polar surface area (TPSA) is 54.5 Å². The molecule has 1 saturated carbocycles. The van der Waals surface area contributed by atoms with Crippen LogP contribution in [-0.2, 0) is 31.4 Å². The van der Waals surface area contributed by atoms with Gasteiger partial charge in [-0.25, -0.2) is 4.90 Å². The third-order valence-electron chi connectivity index (χ3n) is 10.1. The molecule has 2 amide bonds. The lowest BCUT2D eigenvalue weighted by molar-refractivity contribution is -0.137. The highest BCUT2D eigenvalue weighted by Gasteiger charge is 2.82. The molecule has 5 aromatic rings. The van der Waals surface area contributed by atoms with Crippen LogP contribution in [0.25, 0.3) is 11.1 Å². The van der Waals surface area contributed by atoms with Crippen molar-refractivity contribution in [1.29, 1.82) is 0 Å². The van der Waals surface area contributed by atoms with Gasteiger partial charge in [0.05, 0.1) is 38.9 Å². The second-order valence-electron chi connectivity index (χ2n) is 12.3. The first-order valence-corrected chi connectivity index (χ1v) is 15.8. The summed E-state index contributed by atoms with van der Waals surface area (Å²) in [6.07, 6.45) is -4.83. The molecule has 3 aliphatic rings. The molecule has 5 aromatic carbocycles. The van der Waals surface area contributed by atoms with E-state index in [0.29, 0.717) is 33.4 Å². The molecule has 48 heavy (non-hydrogen) atoms. The van der Waals surface area contributed by atoms with E-state index in [1.165, 1.54) is 6.07 Å². The van der Waals surface area contributed by atoms with Crippen LogP contribution in [0.2, 0.25) is 5.02 Å². The van der Waals surface area contributed by atoms with Crippen molar-refractivity contribution >= 4 is 46.0 Å². The number of imide groups is 1. The number of anilines is 1. The second kappa shape index (κ2) is 10.6. The minimum Gasteiger partial charge on any atom is -0.297 e. The van der Waals surface area contributed by atoms with Crippen LogP contribution in [0.4, 0.5) is 18.9 Å². The Kier molecular flexibility index (Phi) is 6.66. The Balaban J connectivity index is 1.52. The molecule has 2 aliphatic carbocycles. The Hall–Kier alpha value is -5.27. The third-order valence-corrected chi connectivity index (χ3v) is 10.4. The zero-order valence-electron chi connectivity index (χ0n) is 25.1. The lowest BCUT2D eigenvalue weighted by atomic mass is 9.59. The number of carbonyl (C=O) groups is 3. The van der Waals surface area contributed by atoms with Gasteiger partial charge in [-0.3, -0.25) is 14.4 Å². The zero-order chi connectivity index (χ0) is 33.4. The quantitative estimate of drug-likeness (QED) is 0.178. The predicted molar refractivity (Wildman–Crippen MR) is 177 cm³/mol. The van der Waals surface area contributed by atoms with Gasteiger partial charge in [-0.05, 0) is 51.6 Å². The molecule has 0 aromatic heterocycles. The van der Waals surface area contributed by atoms with Gasteiger partial charge in [-0.2, -0.15) is 13.2 Å². The van der Waals surface area contributed by atoms with E-state index in [-0.39, 0.29) is 11.5 Å². The average molecular weight is 660 g/mol. The first-order chi connectivity index (χ1) is 23.1. The summed E-state index contributed by atoms with van der Waals surface area (Å²) < 4.78 is 42.1. The van der Waals surface area contributed by atoms with Crippen LogP contribution in [0.5, 0.6) is 0 Å². The third kappa shape index (κ3) is 3.82. The molecular formula is C40H25ClF3NO3. The summed E-state index contributed by atoms with van der Waals surface area (Å²) >= 11 is 5.95. The number of hydrogen-bond acceptors (Lipinski definition) is 3. The van der Waals surface area contributed by atoms with E-state index < -0.39 is 51.2 Å². The van der Waals surface area contributed by atoms with Crippen LogP contribution in [-0.4, -0.2) is 17.6 Å². The fraction of sp³-hybridized carbons (Fsp3) is 0.125. The minimum atomic E-state index is -4.83. The van der Waals surface area contributed by atoms with E-state index in [1.54, 1.807) is 60.7 Å². The van der Waals surface area contributed by atoms with E-state index in [0.717, 1.165) is 17.0 Å². The fourth-order valence-corrected chi connectivity index (χ4v) is 8.68. The van der Waals surface area contributed by atoms with E-state index >= 15 is 4.79 Å². The lowest BCUT2D eigenvalue weighted by Crippen LogP contribution is -2.45. The lowest BCUT2D eigenvalue weighted by Gasteiger charge is -2.39. The van der Waals surface area contributed by atoms with Gasteiger partial charge in [0.2, 0.25) is 11.8 Å². The molecule has 8 rings (SSSR count). The highest BCUT2D eigenvalue weighted by atomic mass is 35.5. The van der Waals surface area contributed by atoms with Crippen molar-refractivity contribution in [2.24, 2.45) is 11.8 Å². The Bertz CT molecular complexity index is 2030. The molecule has 0 N–H and O–H groups in total. The van der Waals surface area contributed by atoms with Crippen molar-refractivity contribution in [3.05, 3.63) is 172 Å². The average Bonchev–Trinajstić information content (AvgIpc) is 3.61. The van der Waals surface area contributed by atoms with Crippen LogP contribution >= 0.6 is 11.6 Å². The monoisotopic (exact) mass is 659 g/mol. The number of fused-ring (bicyclic) bond motifs is 5. The van der Waals surface area contributed by atoms with Gasteiger partial charge < -0.3 is 0 Å². The van der Waals surface area contributed by atoms with Gasteiger partial charge in [0.15, 0.2) is 5.78 Å². The molecule has 4 unspecified atom stereocenters. The molecule has 1 saturated heterocycles. The molecule has 0 radical (unpaired) electrons. The zero-order valence-corrected chi connectivity index (χ0v) is 25.9. The van der Waals surface area contributed by atoms with E-state index in [2.05, 4.69) is 0 Å². The SMILES string of the molecule is O=C1C2C(C(=O)N1c1ccc(Cl)c(C(F)(F)F)c1)C1(c3ccccc3)C(=O)C2(c2ccccc2)C(c2ccccc2)=C1c1ccccc1. The smallest absolute Gasteiger partial charge is 0.297 e. The highest BCUT2D eigenvalue weighted by Crippen LogP contribution is 2.74. The molecule has 4 atom stereocenters. The Morgan fingerprint density at radius 1 is 0.562 bits per heavy atom. The number of rotatable bonds is 5. The number of amides is 2. The van der Waals surface area contributed by atoms with Crippen LogP contribution < -0.4 is 4.90 Å². The minimum absolute atomic E-state index is 0.253. The van der Waals surface area contributed by atoms with Crippen LogP contribution in [0.3, 0.4) is 0 Å². The van der Waals surface area contributed by atoms with Gasteiger partial charge >= 0.3 is 6.18 Å². The fourth-order valence-electron chi connectivity index (χ4n) is 8.46. The van der Waals surface area contributed by atoms with Crippen molar-refractivity contribution in [1.82, 2.24) is 0 Å². The largest absolute Gasteiger partial charge is 0.417 e. The van der Waals surface area contributed by atoms with Gasteiger partial charge in [0, 0.05) is 0 Å². The first-order valence-electron chi connectivity index (χ1n) is 15.4. The molecule has 4 nitrogen and oxygen atoms in total. The number of allylic oxidation sites excluding steroid dienone is 2. The maximum Gasteiger partial charge on any atom is 0.417 e. The van der Waals surface area contributed by atoms with Crippen LogP contribution in [0, 0.1) is 11.8 Å². The van der Waals surface area contributed by atoms with Crippen molar-refractivity contribution in [3.63, 3.8) is 0 Å². The summed E-state index contributed by atoms with van der Waals surface area (Å²) in [6, 6.07) is 39.6. The summed E-state index contributed by atoms with van der Waals surface area (Å²) in [5, 5.41) is -0.554. The van der Waals surface area contributed by atoms with Crippen molar-refractivity contribution < 1.29 is 27.6 Å². The number of carbonyl (C=O) groups excluding carboxylic acids is 3. The molecule has 1 heterocycles. The molecule has 2 bridgehead atoms. The maximum absolute atomic E-state index is 15.8. The normalized spacial score (nSPS) is 24.8. The van der Waals surface area contributed by atoms with Crippen molar-refractivity contribution in [3.8, 4) is 0 Å². The summed E-state index contributed by atoms with van der Waals surface area (Å²) in [6.45, 7) is 0. The van der Waals surface area contributed by atoms with Crippen molar-refractivity contribution in [2.45, 2.75) is 17.0 Å². The summed E-state index contributed by atoms with van der Waals surface area (Å²) in [4.78, 5) is 46.6. The van der Waals surface area contributed by atoms with E-state index in [1.807, 2.05) is 60.7 Å². The number of halogens is 4. The maximum atomic E-state index is 15.8. The predicted octanol–water partition coefficient (Wildman–Crippen LogP) is 8.55. The molecule has 236 valence electrons. The number of nitrogens with zero attached hydrogens (tertiary/aromatic N) is 1. The number of alkyl halides is 3. The molecule has 8 heteroatoms. The Labute approximate surface area is 279 Å². The number of benzene rings is 5. The number of hydrogen-bond donors (Lipinski definition) is 0. The summed E-state index contributed by atoms with van der Waals surface area (Å²) in [5.41, 5.74) is -1.06. The van der Waals surface area contributed by atoms with Crippen LogP contribution in [0.15, 0.2) is 140 Å². The summed E-state index contributed by atoms with van der Waals surface area (Å²) in [7, 11) is 0. The Morgan fingerprint density at radius 2 is 0.958 bits per heavy atom. The molecule has 2 fully saturated rings. The number of Topliss-reactive ketones (excluding diaryl/α,β-unsaturated/α-hetero) is 1. The molecule has 0 spiro atoms. The Morgan fingerprint density at radius 3 is 1.35 bits per heavy atom. The molecule has 1 aliphatic heterocycles. The van der Waals surface area contributed by atoms with Gasteiger partial charge in [-0.15, -0.1) is 0 Å².